The number of urea groups is 1. The van der Waals surface area contributed by atoms with E-state index in [9.17, 15) is 14.4 Å². The van der Waals surface area contributed by atoms with Crippen molar-refractivity contribution < 1.29 is 19.1 Å². The van der Waals surface area contributed by atoms with Gasteiger partial charge in [-0.1, -0.05) is 56.3 Å². The molecule has 0 bridgehead atoms. The molecule has 0 saturated heterocycles. The Morgan fingerprint density at radius 2 is 1.79 bits per heavy atom. The van der Waals surface area contributed by atoms with E-state index in [0.717, 1.165) is 18.4 Å². The van der Waals surface area contributed by atoms with Crippen LogP contribution in [-0.2, 0) is 14.3 Å². The van der Waals surface area contributed by atoms with E-state index in [4.69, 9.17) is 4.74 Å². The summed E-state index contributed by atoms with van der Waals surface area (Å²) < 4.78 is 5.43. The molecule has 3 rings (SSSR count). The molecule has 33 heavy (non-hydrogen) atoms. The van der Waals surface area contributed by atoms with Crippen molar-refractivity contribution in [3.05, 3.63) is 71.3 Å². The molecule has 1 heterocycles. The molecule has 3 amide bonds. The normalized spacial score (nSPS) is 15.8. The van der Waals surface area contributed by atoms with E-state index in [1.807, 2.05) is 50.2 Å². The SMILES string of the molecule is CCCC(=O)Nc1cccc(C2NC(=O)N(CCC)C(c3ccccc3)=C2C(=O)OCC)c1. The number of nitrogens with zero attached hydrogens (tertiary/aromatic N) is 1. The maximum Gasteiger partial charge on any atom is 0.338 e. The molecule has 1 aliphatic heterocycles. The summed E-state index contributed by atoms with van der Waals surface area (Å²) >= 11 is 0. The highest BCUT2D eigenvalue weighted by Gasteiger charge is 2.38. The second-order valence-corrected chi connectivity index (χ2v) is 7.81. The number of nitrogens with one attached hydrogen (secondary N) is 2. The highest BCUT2D eigenvalue weighted by molar-refractivity contribution is 6.04. The van der Waals surface area contributed by atoms with Crippen LogP contribution in [0.4, 0.5) is 10.5 Å². The first kappa shape index (κ1) is 24.0. The van der Waals surface area contributed by atoms with Gasteiger partial charge in [-0.25, -0.2) is 9.59 Å². The largest absolute Gasteiger partial charge is 0.463 e. The molecular formula is C26H31N3O4. The van der Waals surface area contributed by atoms with E-state index in [2.05, 4.69) is 10.6 Å². The van der Waals surface area contributed by atoms with Crippen LogP contribution in [0.25, 0.3) is 5.70 Å². The van der Waals surface area contributed by atoms with Gasteiger partial charge in [0.2, 0.25) is 5.91 Å². The molecule has 7 heteroatoms. The van der Waals surface area contributed by atoms with Gasteiger partial charge in [-0.2, -0.15) is 0 Å². The maximum atomic E-state index is 13.2. The van der Waals surface area contributed by atoms with Crippen LogP contribution in [0.3, 0.4) is 0 Å². The number of benzene rings is 2. The van der Waals surface area contributed by atoms with Gasteiger partial charge in [0.1, 0.15) is 0 Å². The first-order chi connectivity index (χ1) is 16.0. The molecule has 2 N–H and O–H groups in total. The lowest BCUT2D eigenvalue weighted by atomic mass is 9.91. The van der Waals surface area contributed by atoms with Crippen LogP contribution < -0.4 is 10.6 Å². The summed E-state index contributed by atoms with van der Waals surface area (Å²) in [7, 11) is 0. The van der Waals surface area contributed by atoms with Crippen molar-refractivity contribution in [2.24, 2.45) is 0 Å². The lowest BCUT2D eigenvalue weighted by molar-refractivity contribution is -0.139. The van der Waals surface area contributed by atoms with Gasteiger partial charge in [0.25, 0.3) is 0 Å². The van der Waals surface area contributed by atoms with E-state index in [1.54, 1.807) is 30.0 Å². The number of rotatable bonds is 9. The quantitative estimate of drug-likeness (QED) is 0.535. The molecule has 1 atom stereocenters. The van der Waals surface area contributed by atoms with Crippen molar-refractivity contribution in [2.75, 3.05) is 18.5 Å². The molecule has 0 fully saturated rings. The Bertz CT molecular complexity index is 1030. The first-order valence-corrected chi connectivity index (χ1v) is 11.4. The van der Waals surface area contributed by atoms with Crippen LogP contribution in [0.1, 0.15) is 57.2 Å². The Morgan fingerprint density at radius 1 is 1.03 bits per heavy atom. The zero-order valence-corrected chi connectivity index (χ0v) is 19.4. The van der Waals surface area contributed by atoms with E-state index >= 15 is 0 Å². The Hall–Kier alpha value is -3.61. The summed E-state index contributed by atoms with van der Waals surface area (Å²) in [5, 5.41) is 5.86. The van der Waals surface area contributed by atoms with Gasteiger partial charge in [0.05, 0.1) is 23.9 Å². The third-order valence-corrected chi connectivity index (χ3v) is 5.30. The molecule has 2 aromatic carbocycles. The van der Waals surface area contributed by atoms with Gasteiger partial charge in [0, 0.05) is 18.7 Å². The third kappa shape index (κ3) is 5.61. The van der Waals surface area contributed by atoms with E-state index in [-0.39, 0.29) is 18.5 Å². The second kappa shape index (κ2) is 11.3. The van der Waals surface area contributed by atoms with Crippen molar-refractivity contribution in [2.45, 2.75) is 46.1 Å². The smallest absolute Gasteiger partial charge is 0.338 e. The van der Waals surface area contributed by atoms with E-state index in [1.165, 1.54) is 0 Å². The van der Waals surface area contributed by atoms with Crippen LogP contribution in [0.5, 0.6) is 0 Å². The fraction of sp³-hybridized carbons (Fsp3) is 0.346. The van der Waals surface area contributed by atoms with Crippen molar-refractivity contribution in [1.29, 1.82) is 0 Å². The highest BCUT2D eigenvalue weighted by atomic mass is 16.5. The average Bonchev–Trinajstić information content (AvgIpc) is 2.81. The lowest BCUT2D eigenvalue weighted by Crippen LogP contribution is -2.48. The van der Waals surface area contributed by atoms with Crippen LogP contribution in [0, 0.1) is 0 Å². The van der Waals surface area contributed by atoms with Crippen molar-refractivity contribution in [1.82, 2.24) is 10.2 Å². The summed E-state index contributed by atoms with van der Waals surface area (Å²) in [6, 6.07) is 15.6. The van der Waals surface area contributed by atoms with Crippen LogP contribution in [0.15, 0.2) is 60.2 Å². The Balaban J connectivity index is 2.16. The fourth-order valence-corrected chi connectivity index (χ4v) is 3.92. The van der Waals surface area contributed by atoms with Crippen molar-refractivity contribution in [3.63, 3.8) is 0 Å². The summed E-state index contributed by atoms with van der Waals surface area (Å²) in [4.78, 5) is 40.1. The number of esters is 1. The Labute approximate surface area is 194 Å². The minimum atomic E-state index is -0.720. The fourth-order valence-electron chi connectivity index (χ4n) is 3.92. The summed E-state index contributed by atoms with van der Waals surface area (Å²) in [5.41, 5.74) is 2.98. The second-order valence-electron chi connectivity index (χ2n) is 7.81. The molecule has 174 valence electrons. The van der Waals surface area contributed by atoms with E-state index < -0.39 is 12.0 Å². The number of anilines is 1. The van der Waals surface area contributed by atoms with Gasteiger partial charge in [-0.15, -0.1) is 0 Å². The predicted octanol–water partition coefficient (Wildman–Crippen LogP) is 4.88. The number of ether oxygens (including phenoxy) is 1. The van der Waals surface area contributed by atoms with Crippen LogP contribution >= 0.6 is 0 Å². The Morgan fingerprint density at radius 3 is 2.45 bits per heavy atom. The Kier molecular flexibility index (Phi) is 8.24. The topological polar surface area (TPSA) is 87.7 Å². The molecule has 1 aliphatic rings. The average molecular weight is 450 g/mol. The maximum absolute atomic E-state index is 13.2. The van der Waals surface area contributed by atoms with Gasteiger partial charge in [-0.05, 0) is 43.0 Å². The number of amides is 3. The minimum Gasteiger partial charge on any atom is -0.463 e. The van der Waals surface area contributed by atoms with Crippen molar-refractivity contribution in [3.8, 4) is 0 Å². The molecule has 7 nitrogen and oxygen atoms in total. The predicted molar refractivity (Wildman–Crippen MR) is 128 cm³/mol. The molecule has 1 unspecified atom stereocenters. The zero-order valence-electron chi connectivity index (χ0n) is 19.4. The van der Waals surface area contributed by atoms with Crippen LogP contribution in [0.2, 0.25) is 0 Å². The molecule has 0 saturated carbocycles. The van der Waals surface area contributed by atoms with Gasteiger partial charge in [0.15, 0.2) is 0 Å². The standard InChI is InChI=1S/C26H31N3O4/c1-4-11-21(30)27-20-15-10-14-19(17-20)23-22(25(31)33-6-3)24(18-12-8-7-9-13-18)29(16-5-2)26(32)28-23/h7-10,12-15,17,23H,4-6,11,16H2,1-3H3,(H,27,30)(H,28,32). The number of carbonyl (C=O) groups is 3. The third-order valence-electron chi connectivity index (χ3n) is 5.30. The molecule has 0 radical (unpaired) electrons. The monoisotopic (exact) mass is 449 g/mol. The highest BCUT2D eigenvalue weighted by Crippen LogP contribution is 2.37. The number of hydrogen-bond donors (Lipinski definition) is 2. The number of hydrogen-bond acceptors (Lipinski definition) is 4. The summed E-state index contributed by atoms with van der Waals surface area (Å²) in [5.74, 6) is -0.564. The van der Waals surface area contributed by atoms with Crippen molar-refractivity contribution >= 4 is 29.3 Å². The number of carbonyl (C=O) groups excluding carboxylic acids is 3. The minimum absolute atomic E-state index is 0.0809. The molecule has 2 aromatic rings. The molecular weight excluding hydrogens is 418 g/mol. The molecule has 0 aromatic heterocycles. The summed E-state index contributed by atoms with van der Waals surface area (Å²) in [6.07, 6.45) is 1.89. The van der Waals surface area contributed by atoms with Gasteiger partial charge >= 0.3 is 12.0 Å². The van der Waals surface area contributed by atoms with Gasteiger partial charge < -0.3 is 15.4 Å². The molecule has 0 aliphatic carbocycles. The van der Waals surface area contributed by atoms with E-state index in [0.29, 0.717) is 35.5 Å². The molecule has 0 spiro atoms. The zero-order chi connectivity index (χ0) is 23.8. The first-order valence-electron chi connectivity index (χ1n) is 11.4. The van der Waals surface area contributed by atoms with Crippen LogP contribution in [-0.4, -0.2) is 36.0 Å². The lowest BCUT2D eigenvalue weighted by Gasteiger charge is -2.37. The van der Waals surface area contributed by atoms with Gasteiger partial charge in [-0.3, -0.25) is 9.69 Å². The summed E-state index contributed by atoms with van der Waals surface area (Å²) in [6.45, 7) is 6.35.